The Hall–Kier alpha value is -2.26. The van der Waals surface area contributed by atoms with Crippen LogP contribution in [-0.2, 0) is 10.1 Å². The summed E-state index contributed by atoms with van der Waals surface area (Å²) in [6.07, 6.45) is 13.3. The quantitative estimate of drug-likeness (QED) is 0.0422. The maximum absolute atomic E-state index is 13.1. The standard InChI is InChI=1S/C26H48N3O.C7H8O3S/c1-7-8-9-10-11-12-13-14-15-19-22-29(5,6)26(4,23(2)3)28(27)25(30)24-20-17-16-18-21-24;1-6-2-4-7(5-3-6)11(8,9)10/h16-18,20-21,23H,7-15,19,22,27H2,1-6H3;2-5H,1H3,(H,8,9,10)/q+1;/p-1. The van der Waals surface area contributed by atoms with E-state index in [1.165, 1.54) is 81.3 Å². The fourth-order valence-corrected chi connectivity index (χ4v) is 5.59. The van der Waals surface area contributed by atoms with Gasteiger partial charge in [0.1, 0.15) is 10.1 Å². The first-order valence-electron chi connectivity index (χ1n) is 15.2. The highest BCUT2D eigenvalue weighted by molar-refractivity contribution is 7.85. The number of amides is 1. The maximum atomic E-state index is 13.1. The molecule has 41 heavy (non-hydrogen) atoms. The Morgan fingerprint density at radius 1 is 0.878 bits per heavy atom. The number of carbonyl (C=O) groups excluding carboxylic acids is 1. The smallest absolute Gasteiger partial charge is 0.272 e. The number of unbranched alkanes of at least 4 members (excludes halogenated alkanes) is 9. The maximum Gasteiger partial charge on any atom is 0.272 e. The number of hydrogen-bond donors (Lipinski definition) is 1. The van der Waals surface area contributed by atoms with Gasteiger partial charge in [0.15, 0.2) is 5.66 Å². The molecule has 0 heterocycles. The Morgan fingerprint density at radius 2 is 1.34 bits per heavy atom. The summed E-state index contributed by atoms with van der Waals surface area (Å²) < 4.78 is 31.9. The van der Waals surface area contributed by atoms with Crippen LogP contribution in [0.25, 0.3) is 0 Å². The van der Waals surface area contributed by atoms with Crippen LogP contribution < -0.4 is 5.84 Å². The Labute approximate surface area is 250 Å². The predicted molar refractivity (Wildman–Crippen MR) is 168 cm³/mol. The molecule has 7 nitrogen and oxygen atoms in total. The molecule has 0 spiro atoms. The number of benzene rings is 2. The SMILES string of the molecule is CCCCCCCCCCCC[N+](C)(C)C(C)(C(C)C)N(N)C(=O)c1ccccc1.Cc1ccc(S(=O)(=O)[O-])cc1. The van der Waals surface area contributed by atoms with Gasteiger partial charge < -0.3 is 9.04 Å². The number of hydrazine groups is 1. The van der Waals surface area contributed by atoms with E-state index in [9.17, 15) is 17.8 Å². The molecule has 0 bridgehead atoms. The fraction of sp³-hybridized carbons (Fsp3) is 0.606. The van der Waals surface area contributed by atoms with Crippen molar-refractivity contribution in [2.45, 2.75) is 109 Å². The second kappa shape index (κ2) is 17.6. The molecule has 0 saturated carbocycles. The number of quaternary nitrogens is 1. The zero-order valence-electron chi connectivity index (χ0n) is 26.6. The van der Waals surface area contributed by atoms with Crippen molar-refractivity contribution in [3.8, 4) is 0 Å². The van der Waals surface area contributed by atoms with E-state index in [4.69, 9.17) is 5.84 Å². The summed E-state index contributed by atoms with van der Waals surface area (Å²) in [5.41, 5.74) is 1.09. The lowest BCUT2D eigenvalue weighted by Crippen LogP contribution is -2.72. The topological polar surface area (TPSA) is 104 Å². The van der Waals surface area contributed by atoms with Gasteiger partial charge in [-0.2, -0.15) is 0 Å². The Bertz CT molecular complexity index is 1120. The van der Waals surface area contributed by atoms with Gasteiger partial charge >= 0.3 is 0 Å². The molecule has 1 amide bonds. The van der Waals surface area contributed by atoms with E-state index in [0.717, 1.165) is 12.1 Å². The first kappa shape index (κ1) is 36.8. The lowest BCUT2D eigenvalue weighted by molar-refractivity contribution is -0.956. The molecule has 2 N–H and O–H groups in total. The average molecular weight is 590 g/mol. The summed E-state index contributed by atoms with van der Waals surface area (Å²) in [6, 6.07) is 15.2. The zero-order chi connectivity index (χ0) is 31.1. The normalized spacial score (nSPS) is 13.3. The van der Waals surface area contributed by atoms with E-state index in [2.05, 4.69) is 41.8 Å². The highest BCUT2D eigenvalue weighted by Crippen LogP contribution is 2.33. The van der Waals surface area contributed by atoms with Gasteiger partial charge in [-0.15, -0.1) is 0 Å². The van der Waals surface area contributed by atoms with Crippen LogP contribution in [0.1, 0.15) is 108 Å². The minimum Gasteiger partial charge on any atom is -0.744 e. The summed E-state index contributed by atoms with van der Waals surface area (Å²) in [7, 11) is 0.159. The molecule has 0 aliphatic heterocycles. The van der Waals surface area contributed by atoms with Crippen molar-refractivity contribution in [2.75, 3.05) is 20.6 Å². The van der Waals surface area contributed by atoms with Gasteiger partial charge in [-0.05, 0) is 44.0 Å². The van der Waals surface area contributed by atoms with Crippen molar-refractivity contribution in [3.05, 3.63) is 65.7 Å². The third-order valence-corrected chi connectivity index (χ3v) is 9.28. The number of aryl methyl sites for hydroxylation is 1. The number of carbonyl (C=O) groups is 1. The molecule has 232 valence electrons. The molecule has 0 radical (unpaired) electrons. The van der Waals surface area contributed by atoms with E-state index in [-0.39, 0.29) is 16.7 Å². The summed E-state index contributed by atoms with van der Waals surface area (Å²) in [5.74, 6) is 6.62. The van der Waals surface area contributed by atoms with Crippen molar-refractivity contribution >= 4 is 16.0 Å². The van der Waals surface area contributed by atoms with Crippen LogP contribution in [0.3, 0.4) is 0 Å². The lowest BCUT2D eigenvalue weighted by Gasteiger charge is -2.52. The van der Waals surface area contributed by atoms with Crippen LogP contribution in [0, 0.1) is 12.8 Å². The molecule has 0 aromatic heterocycles. The van der Waals surface area contributed by atoms with Crippen molar-refractivity contribution < 1.29 is 22.2 Å². The number of nitrogens with two attached hydrogens (primary N) is 1. The number of nitrogens with zero attached hydrogens (tertiary/aromatic N) is 2. The van der Waals surface area contributed by atoms with Crippen LogP contribution in [0.5, 0.6) is 0 Å². The van der Waals surface area contributed by atoms with E-state index < -0.39 is 15.8 Å². The lowest BCUT2D eigenvalue weighted by atomic mass is 9.92. The summed E-state index contributed by atoms with van der Waals surface area (Å²) >= 11 is 0. The Kier molecular flexibility index (Phi) is 15.8. The molecule has 0 fully saturated rings. The van der Waals surface area contributed by atoms with Gasteiger partial charge in [0.2, 0.25) is 0 Å². The van der Waals surface area contributed by atoms with E-state index in [0.29, 0.717) is 10.0 Å². The summed E-state index contributed by atoms with van der Waals surface area (Å²) in [4.78, 5) is 12.9. The van der Waals surface area contributed by atoms with Gasteiger partial charge in [0, 0.05) is 18.4 Å². The molecule has 0 aliphatic carbocycles. The van der Waals surface area contributed by atoms with Crippen molar-refractivity contribution in [1.29, 1.82) is 0 Å². The summed E-state index contributed by atoms with van der Waals surface area (Å²) in [6.45, 7) is 11.6. The van der Waals surface area contributed by atoms with Crippen LogP contribution >= 0.6 is 0 Å². The summed E-state index contributed by atoms with van der Waals surface area (Å²) in [5, 5.41) is 1.49. The monoisotopic (exact) mass is 589 g/mol. The molecule has 2 aromatic carbocycles. The largest absolute Gasteiger partial charge is 0.744 e. The second-order valence-electron chi connectivity index (χ2n) is 12.1. The predicted octanol–water partition coefficient (Wildman–Crippen LogP) is 7.27. The minimum absolute atomic E-state index is 0.110. The van der Waals surface area contributed by atoms with Gasteiger partial charge in [-0.3, -0.25) is 4.79 Å². The zero-order valence-corrected chi connectivity index (χ0v) is 27.4. The van der Waals surface area contributed by atoms with Crippen LogP contribution in [0.4, 0.5) is 0 Å². The molecule has 1 atom stereocenters. The highest BCUT2D eigenvalue weighted by Gasteiger charge is 2.50. The Balaban J connectivity index is 0.000000634. The van der Waals surface area contributed by atoms with Crippen LogP contribution in [-0.4, -0.2) is 54.7 Å². The van der Waals surface area contributed by atoms with Crippen molar-refractivity contribution in [1.82, 2.24) is 5.01 Å². The minimum atomic E-state index is -4.27. The molecule has 0 aliphatic rings. The molecule has 8 heteroatoms. The highest BCUT2D eigenvalue weighted by atomic mass is 32.2. The van der Waals surface area contributed by atoms with Gasteiger partial charge in [-0.1, -0.05) is 108 Å². The van der Waals surface area contributed by atoms with E-state index in [1.54, 1.807) is 12.1 Å². The van der Waals surface area contributed by atoms with E-state index >= 15 is 0 Å². The van der Waals surface area contributed by atoms with Gasteiger partial charge in [0.25, 0.3) is 5.91 Å². The molecular formula is C33H55N3O4S. The molecular weight excluding hydrogens is 534 g/mol. The molecule has 1 unspecified atom stereocenters. The second-order valence-corrected chi connectivity index (χ2v) is 13.5. The first-order chi connectivity index (χ1) is 19.2. The third kappa shape index (κ3) is 11.9. The van der Waals surface area contributed by atoms with E-state index in [1.807, 2.05) is 37.3 Å². The van der Waals surface area contributed by atoms with Crippen LogP contribution in [0.2, 0.25) is 0 Å². The molecule has 2 aromatic rings. The van der Waals surface area contributed by atoms with Crippen LogP contribution in [0.15, 0.2) is 59.5 Å². The van der Waals surface area contributed by atoms with Gasteiger partial charge in [0.05, 0.1) is 25.5 Å². The Morgan fingerprint density at radius 3 is 1.78 bits per heavy atom. The fourth-order valence-electron chi connectivity index (χ4n) is 5.12. The van der Waals surface area contributed by atoms with Crippen molar-refractivity contribution in [2.24, 2.45) is 11.8 Å². The number of hydrogen-bond acceptors (Lipinski definition) is 5. The third-order valence-electron chi connectivity index (χ3n) is 8.43. The van der Waals surface area contributed by atoms with Crippen molar-refractivity contribution in [3.63, 3.8) is 0 Å². The number of rotatable bonds is 16. The molecule has 2 rings (SSSR count). The van der Waals surface area contributed by atoms with Gasteiger partial charge in [-0.25, -0.2) is 19.3 Å². The first-order valence-corrected chi connectivity index (χ1v) is 16.6. The molecule has 0 saturated heterocycles. The average Bonchev–Trinajstić information content (AvgIpc) is 2.93.